The second kappa shape index (κ2) is 4.10. The van der Waals surface area contributed by atoms with Crippen molar-refractivity contribution in [3.8, 4) is 0 Å². The van der Waals surface area contributed by atoms with Gasteiger partial charge in [-0.1, -0.05) is 13.8 Å². The lowest BCUT2D eigenvalue weighted by Crippen LogP contribution is -2.28. The molecule has 1 nitrogen and oxygen atoms in total. The van der Waals surface area contributed by atoms with Gasteiger partial charge in [0.05, 0.1) is 6.10 Å². The van der Waals surface area contributed by atoms with Crippen molar-refractivity contribution < 1.29 is 5.11 Å². The van der Waals surface area contributed by atoms with Gasteiger partial charge in [0.15, 0.2) is 0 Å². The van der Waals surface area contributed by atoms with Gasteiger partial charge in [-0.2, -0.15) is 0 Å². The summed E-state index contributed by atoms with van der Waals surface area (Å²) in [6.45, 7) is 4.13. The Morgan fingerprint density at radius 1 is 1.45 bits per heavy atom. The van der Waals surface area contributed by atoms with Crippen LogP contribution in [0.4, 0.5) is 0 Å². The summed E-state index contributed by atoms with van der Waals surface area (Å²) >= 11 is 0. The zero-order valence-corrected chi connectivity index (χ0v) is 7.33. The number of hydrogen-bond donors (Lipinski definition) is 1. The molecule has 1 rings (SSSR count). The van der Waals surface area contributed by atoms with Gasteiger partial charge in [0, 0.05) is 0 Å². The number of aliphatic hydroxyl groups is 1. The fourth-order valence-electron chi connectivity index (χ4n) is 1.48. The van der Waals surface area contributed by atoms with Crippen molar-refractivity contribution >= 4 is 0 Å². The molecule has 1 saturated carbocycles. The molecule has 0 aromatic heterocycles. The summed E-state index contributed by atoms with van der Waals surface area (Å²) in [5.74, 6) is 0.766. The first-order valence-corrected chi connectivity index (χ1v) is 4.40. The van der Waals surface area contributed by atoms with Crippen LogP contribution < -0.4 is 0 Å². The fraction of sp³-hybridized carbons (Fsp3) is 0.700. The smallest absolute Gasteiger partial charge is 0.0594 e. The lowest BCUT2D eigenvalue weighted by atomic mass is 9.81. The minimum atomic E-state index is -0.153. The molecule has 3 radical (unpaired) electrons. The zero-order valence-electron chi connectivity index (χ0n) is 7.33. The van der Waals surface area contributed by atoms with Crippen LogP contribution >= 0.6 is 0 Å². The molecule has 1 heteroatoms. The zero-order chi connectivity index (χ0) is 8.27. The molecule has 2 atom stereocenters. The molecular formula is C10H17O. The fourth-order valence-corrected chi connectivity index (χ4v) is 1.48. The van der Waals surface area contributed by atoms with Crippen molar-refractivity contribution in [3.63, 3.8) is 0 Å². The molecule has 11 heavy (non-hydrogen) atoms. The molecule has 0 aromatic carbocycles. The standard InChI is InChI=1S/C10H17O/c1-8(2)10(11)9-6-4-3-5-7-9/h3-4,6,8-11H,5,7H2,1-2H3/t9-,10+/m1/s1. The molecule has 1 aliphatic rings. The number of aliphatic hydroxyl groups excluding tert-OH is 1. The minimum Gasteiger partial charge on any atom is -0.393 e. The molecular weight excluding hydrogens is 136 g/mol. The van der Waals surface area contributed by atoms with Crippen LogP contribution in [0.15, 0.2) is 0 Å². The first-order valence-electron chi connectivity index (χ1n) is 4.40. The van der Waals surface area contributed by atoms with E-state index in [-0.39, 0.29) is 6.10 Å². The molecule has 0 unspecified atom stereocenters. The van der Waals surface area contributed by atoms with E-state index in [4.69, 9.17) is 0 Å². The second-order valence-corrected chi connectivity index (χ2v) is 3.60. The third kappa shape index (κ3) is 2.48. The Bertz CT molecular complexity index is 103. The van der Waals surface area contributed by atoms with Crippen LogP contribution in [0.5, 0.6) is 0 Å². The van der Waals surface area contributed by atoms with Crippen LogP contribution in [-0.4, -0.2) is 11.2 Å². The molecule has 0 aromatic rings. The van der Waals surface area contributed by atoms with Gasteiger partial charge in [-0.25, -0.2) is 0 Å². The van der Waals surface area contributed by atoms with Crippen LogP contribution in [0.25, 0.3) is 0 Å². The predicted octanol–water partition coefficient (Wildman–Crippen LogP) is 2.03. The SMILES string of the molecule is CC(C)[C@H](O)[C@@H]1[CH][CH][CH]CC1. The highest BCUT2D eigenvalue weighted by Gasteiger charge is 2.23. The van der Waals surface area contributed by atoms with E-state index in [1.165, 1.54) is 0 Å². The lowest BCUT2D eigenvalue weighted by molar-refractivity contribution is 0.0729. The van der Waals surface area contributed by atoms with Crippen molar-refractivity contribution in [2.45, 2.75) is 32.8 Å². The molecule has 0 spiro atoms. The molecule has 0 amide bonds. The van der Waals surface area contributed by atoms with Crippen LogP contribution in [0.2, 0.25) is 0 Å². The Balaban J connectivity index is 2.32. The van der Waals surface area contributed by atoms with Crippen molar-refractivity contribution in [2.24, 2.45) is 11.8 Å². The van der Waals surface area contributed by atoms with Gasteiger partial charge in [0.1, 0.15) is 0 Å². The summed E-state index contributed by atoms with van der Waals surface area (Å²) in [6.07, 6.45) is 8.41. The Labute approximate surface area is 69.8 Å². The van der Waals surface area contributed by atoms with E-state index in [9.17, 15) is 5.11 Å². The summed E-state index contributed by atoms with van der Waals surface area (Å²) < 4.78 is 0. The topological polar surface area (TPSA) is 20.2 Å². The largest absolute Gasteiger partial charge is 0.393 e. The van der Waals surface area contributed by atoms with Crippen molar-refractivity contribution in [1.29, 1.82) is 0 Å². The monoisotopic (exact) mass is 153 g/mol. The number of rotatable bonds is 2. The summed E-state index contributed by atoms with van der Waals surface area (Å²) in [7, 11) is 0. The van der Waals surface area contributed by atoms with Crippen LogP contribution in [0.1, 0.15) is 26.7 Å². The van der Waals surface area contributed by atoms with Gasteiger partial charge in [0.25, 0.3) is 0 Å². The first-order chi connectivity index (χ1) is 5.22. The van der Waals surface area contributed by atoms with Gasteiger partial charge >= 0.3 is 0 Å². The lowest BCUT2D eigenvalue weighted by Gasteiger charge is -2.28. The highest BCUT2D eigenvalue weighted by atomic mass is 16.3. The highest BCUT2D eigenvalue weighted by Crippen LogP contribution is 2.27. The van der Waals surface area contributed by atoms with Crippen LogP contribution in [0, 0.1) is 31.1 Å². The average Bonchev–Trinajstić information content (AvgIpc) is 2.05. The quantitative estimate of drug-likeness (QED) is 0.643. The third-order valence-corrected chi connectivity index (χ3v) is 2.28. The Morgan fingerprint density at radius 3 is 2.64 bits per heavy atom. The maximum Gasteiger partial charge on any atom is 0.0594 e. The minimum absolute atomic E-state index is 0.153. The summed E-state index contributed by atoms with van der Waals surface area (Å²) in [5.41, 5.74) is 0. The van der Waals surface area contributed by atoms with E-state index in [1.54, 1.807) is 0 Å². The van der Waals surface area contributed by atoms with E-state index < -0.39 is 0 Å². The average molecular weight is 153 g/mol. The van der Waals surface area contributed by atoms with Gasteiger partial charge in [-0.05, 0) is 43.9 Å². The van der Waals surface area contributed by atoms with E-state index in [0.717, 1.165) is 12.8 Å². The van der Waals surface area contributed by atoms with Crippen molar-refractivity contribution in [3.05, 3.63) is 19.3 Å². The molecule has 0 saturated heterocycles. The van der Waals surface area contributed by atoms with Crippen LogP contribution in [0.3, 0.4) is 0 Å². The molecule has 0 bridgehead atoms. The van der Waals surface area contributed by atoms with E-state index in [2.05, 4.69) is 33.1 Å². The Kier molecular flexibility index (Phi) is 3.38. The number of hydrogen-bond acceptors (Lipinski definition) is 1. The van der Waals surface area contributed by atoms with Gasteiger partial charge < -0.3 is 5.11 Å². The Morgan fingerprint density at radius 2 is 2.18 bits per heavy atom. The molecule has 63 valence electrons. The van der Waals surface area contributed by atoms with E-state index in [1.807, 2.05) is 0 Å². The molecule has 0 aliphatic heterocycles. The van der Waals surface area contributed by atoms with Crippen molar-refractivity contribution in [2.75, 3.05) is 0 Å². The highest BCUT2D eigenvalue weighted by molar-refractivity contribution is 5.06. The second-order valence-electron chi connectivity index (χ2n) is 3.60. The van der Waals surface area contributed by atoms with Gasteiger partial charge in [-0.3, -0.25) is 0 Å². The molecule has 0 heterocycles. The molecule has 1 fully saturated rings. The van der Waals surface area contributed by atoms with Gasteiger partial charge in [0.2, 0.25) is 0 Å². The maximum atomic E-state index is 9.69. The van der Waals surface area contributed by atoms with Crippen molar-refractivity contribution in [1.82, 2.24) is 0 Å². The predicted molar refractivity (Wildman–Crippen MR) is 46.5 cm³/mol. The Hall–Kier alpha value is -0.0400. The summed E-state index contributed by atoms with van der Waals surface area (Å²) in [4.78, 5) is 0. The molecule has 1 aliphatic carbocycles. The summed E-state index contributed by atoms with van der Waals surface area (Å²) in [6, 6.07) is 0. The van der Waals surface area contributed by atoms with Gasteiger partial charge in [-0.15, -0.1) is 0 Å². The van der Waals surface area contributed by atoms with Crippen LogP contribution in [-0.2, 0) is 0 Å². The normalized spacial score (nSPS) is 24.0. The van der Waals surface area contributed by atoms with E-state index >= 15 is 0 Å². The maximum absolute atomic E-state index is 9.69. The first kappa shape index (κ1) is 9.05. The molecule has 1 N–H and O–H groups in total. The van der Waals surface area contributed by atoms with E-state index in [0.29, 0.717) is 11.8 Å². The third-order valence-electron chi connectivity index (χ3n) is 2.28. The summed E-state index contributed by atoms with van der Waals surface area (Å²) in [5, 5.41) is 9.69.